The van der Waals surface area contributed by atoms with Crippen molar-refractivity contribution in [3.05, 3.63) is 30.1 Å². The van der Waals surface area contributed by atoms with Gasteiger partial charge >= 0.3 is 0 Å². The molecule has 2 rings (SSSR count). The predicted molar refractivity (Wildman–Crippen MR) is 85.4 cm³/mol. The van der Waals surface area contributed by atoms with E-state index >= 15 is 0 Å². The van der Waals surface area contributed by atoms with Crippen molar-refractivity contribution in [2.45, 2.75) is 25.3 Å². The van der Waals surface area contributed by atoms with Gasteiger partial charge in [-0.1, -0.05) is 12.1 Å². The minimum absolute atomic E-state index is 0. The molecule has 1 saturated heterocycles. The number of amides is 1. The van der Waals surface area contributed by atoms with E-state index in [9.17, 15) is 9.18 Å². The Morgan fingerprint density at radius 1 is 1.38 bits per heavy atom. The molecule has 6 heteroatoms. The number of halogens is 2. The van der Waals surface area contributed by atoms with Crippen molar-refractivity contribution in [1.82, 2.24) is 10.2 Å². The van der Waals surface area contributed by atoms with Gasteiger partial charge in [0.05, 0.1) is 5.69 Å². The summed E-state index contributed by atoms with van der Waals surface area (Å²) in [7, 11) is 2.05. The van der Waals surface area contributed by atoms with Gasteiger partial charge in [-0.3, -0.25) is 4.79 Å². The number of para-hydroxylation sites is 1. The molecule has 1 aliphatic rings. The summed E-state index contributed by atoms with van der Waals surface area (Å²) >= 11 is 0. The lowest BCUT2D eigenvalue weighted by atomic mass is 10.1. The molecule has 0 aliphatic carbocycles. The number of carbonyl (C=O) groups excluding carboxylic acids is 1. The van der Waals surface area contributed by atoms with E-state index in [1.807, 2.05) is 7.05 Å². The summed E-state index contributed by atoms with van der Waals surface area (Å²) in [6.07, 6.45) is 2.62. The van der Waals surface area contributed by atoms with Gasteiger partial charge in [0.15, 0.2) is 0 Å². The maximum absolute atomic E-state index is 13.4. The summed E-state index contributed by atoms with van der Waals surface area (Å²) in [4.78, 5) is 14.1. The monoisotopic (exact) mass is 315 g/mol. The predicted octanol–water partition coefficient (Wildman–Crippen LogP) is 2.26. The standard InChI is InChI=1S/C15H22FN3O.ClH/c1-19(12-6-9-17-10-7-12)11-8-15(20)18-14-5-3-2-4-13(14)16;/h2-5,12,17H,6-11H2,1H3,(H,18,20);1H. The topological polar surface area (TPSA) is 44.4 Å². The molecule has 0 unspecified atom stereocenters. The number of anilines is 1. The first-order valence-corrected chi connectivity index (χ1v) is 7.12. The van der Waals surface area contributed by atoms with Crippen LogP contribution in [0.3, 0.4) is 0 Å². The Labute approximate surface area is 131 Å². The average Bonchev–Trinajstić information content (AvgIpc) is 2.48. The number of nitrogens with zero attached hydrogens (tertiary/aromatic N) is 1. The Kier molecular flexibility index (Phi) is 7.64. The molecule has 0 atom stereocenters. The molecule has 1 aromatic rings. The first-order valence-electron chi connectivity index (χ1n) is 7.12. The van der Waals surface area contributed by atoms with Gasteiger partial charge in [0.2, 0.25) is 5.91 Å². The van der Waals surface area contributed by atoms with Crippen LogP contribution in [-0.2, 0) is 4.79 Å². The Morgan fingerprint density at radius 2 is 2.05 bits per heavy atom. The molecule has 0 radical (unpaired) electrons. The van der Waals surface area contributed by atoms with Crippen molar-refractivity contribution in [3.63, 3.8) is 0 Å². The molecule has 118 valence electrons. The van der Waals surface area contributed by atoms with E-state index in [2.05, 4.69) is 15.5 Å². The van der Waals surface area contributed by atoms with E-state index < -0.39 is 5.82 Å². The van der Waals surface area contributed by atoms with E-state index in [-0.39, 0.29) is 24.0 Å². The van der Waals surface area contributed by atoms with Crippen LogP contribution in [0.5, 0.6) is 0 Å². The molecule has 1 aromatic carbocycles. The second-order valence-electron chi connectivity index (χ2n) is 5.24. The Morgan fingerprint density at radius 3 is 2.71 bits per heavy atom. The van der Waals surface area contributed by atoms with Crippen LogP contribution in [0.1, 0.15) is 19.3 Å². The maximum atomic E-state index is 13.4. The highest BCUT2D eigenvalue weighted by molar-refractivity contribution is 5.90. The van der Waals surface area contributed by atoms with Crippen LogP contribution >= 0.6 is 12.4 Å². The van der Waals surface area contributed by atoms with Crippen LogP contribution in [0, 0.1) is 5.82 Å². The molecule has 2 N–H and O–H groups in total. The third-order valence-corrected chi connectivity index (χ3v) is 3.77. The zero-order chi connectivity index (χ0) is 14.4. The van der Waals surface area contributed by atoms with Crippen molar-refractivity contribution < 1.29 is 9.18 Å². The molecular weight excluding hydrogens is 293 g/mol. The van der Waals surface area contributed by atoms with E-state index in [0.717, 1.165) is 25.9 Å². The normalized spacial score (nSPS) is 15.6. The van der Waals surface area contributed by atoms with Crippen LogP contribution in [0.4, 0.5) is 10.1 Å². The van der Waals surface area contributed by atoms with E-state index in [1.165, 1.54) is 6.07 Å². The summed E-state index contributed by atoms with van der Waals surface area (Å²) in [5.41, 5.74) is 0.252. The molecule has 1 amide bonds. The van der Waals surface area contributed by atoms with Crippen LogP contribution in [0.2, 0.25) is 0 Å². The van der Waals surface area contributed by atoms with Gasteiger partial charge in [-0.05, 0) is 45.1 Å². The lowest BCUT2D eigenvalue weighted by molar-refractivity contribution is -0.116. The highest BCUT2D eigenvalue weighted by Crippen LogP contribution is 2.13. The number of benzene rings is 1. The van der Waals surface area contributed by atoms with Crippen molar-refractivity contribution in [3.8, 4) is 0 Å². The fourth-order valence-electron chi connectivity index (χ4n) is 2.48. The number of nitrogens with one attached hydrogen (secondary N) is 2. The third-order valence-electron chi connectivity index (χ3n) is 3.77. The third kappa shape index (κ3) is 5.61. The number of carbonyl (C=O) groups is 1. The Bertz CT molecular complexity index is 452. The van der Waals surface area contributed by atoms with E-state index in [1.54, 1.807) is 18.2 Å². The largest absolute Gasteiger partial charge is 0.324 e. The van der Waals surface area contributed by atoms with E-state index in [0.29, 0.717) is 19.0 Å². The molecule has 0 bridgehead atoms. The first-order chi connectivity index (χ1) is 9.66. The second kappa shape index (κ2) is 8.97. The smallest absolute Gasteiger partial charge is 0.225 e. The van der Waals surface area contributed by atoms with Gasteiger partial charge in [0, 0.05) is 19.0 Å². The maximum Gasteiger partial charge on any atom is 0.225 e. The number of hydrogen-bond donors (Lipinski definition) is 2. The van der Waals surface area contributed by atoms with Gasteiger partial charge in [-0.25, -0.2) is 4.39 Å². The fraction of sp³-hybridized carbons (Fsp3) is 0.533. The minimum Gasteiger partial charge on any atom is -0.324 e. The van der Waals surface area contributed by atoms with Crippen LogP contribution in [0.25, 0.3) is 0 Å². The van der Waals surface area contributed by atoms with Crippen molar-refractivity contribution >= 4 is 24.0 Å². The lowest BCUT2D eigenvalue weighted by Crippen LogP contribution is -2.42. The van der Waals surface area contributed by atoms with Crippen molar-refractivity contribution in [1.29, 1.82) is 0 Å². The SMILES string of the molecule is CN(CCC(=O)Nc1ccccc1F)C1CCNCC1.Cl. The first kappa shape index (κ1) is 17.9. The Hall–Kier alpha value is -1.17. The van der Waals surface area contributed by atoms with E-state index in [4.69, 9.17) is 0 Å². The molecular formula is C15H23ClFN3O. The van der Waals surface area contributed by atoms with Gasteiger partial charge in [0.1, 0.15) is 5.82 Å². The molecule has 21 heavy (non-hydrogen) atoms. The molecule has 1 heterocycles. The fourth-order valence-corrected chi connectivity index (χ4v) is 2.48. The lowest BCUT2D eigenvalue weighted by Gasteiger charge is -2.31. The van der Waals surface area contributed by atoms with Crippen molar-refractivity contribution in [2.24, 2.45) is 0 Å². The molecule has 0 spiro atoms. The highest BCUT2D eigenvalue weighted by atomic mass is 35.5. The quantitative estimate of drug-likeness (QED) is 0.876. The van der Waals surface area contributed by atoms with Crippen molar-refractivity contribution in [2.75, 3.05) is 32.0 Å². The number of hydrogen-bond acceptors (Lipinski definition) is 3. The molecule has 0 saturated carbocycles. The summed E-state index contributed by atoms with van der Waals surface area (Å²) in [5, 5.41) is 5.94. The van der Waals surface area contributed by atoms with Gasteiger partial charge in [-0.2, -0.15) is 0 Å². The molecule has 4 nitrogen and oxygen atoms in total. The highest BCUT2D eigenvalue weighted by Gasteiger charge is 2.18. The van der Waals surface area contributed by atoms with Crippen LogP contribution < -0.4 is 10.6 Å². The van der Waals surface area contributed by atoms with Gasteiger partial charge < -0.3 is 15.5 Å². The summed E-state index contributed by atoms with van der Waals surface area (Å²) in [6.45, 7) is 2.78. The number of piperidine rings is 1. The van der Waals surface area contributed by atoms with Gasteiger partial charge in [0.25, 0.3) is 0 Å². The molecule has 0 aromatic heterocycles. The zero-order valence-electron chi connectivity index (χ0n) is 12.3. The Balaban J connectivity index is 0.00000220. The summed E-state index contributed by atoms with van der Waals surface area (Å²) in [5.74, 6) is -0.538. The number of rotatable bonds is 5. The van der Waals surface area contributed by atoms with Gasteiger partial charge in [-0.15, -0.1) is 12.4 Å². The zero-order valence-corrected chi connectivity index (χ0v) is 13.1. The molecule has 1 fully saturated rings. The van der Waals surface area contributed by atoms with Crippen LogP contribution in [0.15, 0.2) is 24.3 Å². The molecule has 1 aliphatic heterocycles. The second-order valence-corrected chi connectivity index (χ2v) is 5.24. The minimum atomic E-state index is -0.396. The average molecular weight is 316 g/mol. The van der Waals surface area contributed by atoms with Crippen LogP contribution in [-0.4, -0.2) is 43.5 Å². The summed E-state index contributed by atoms with van der Waals surface area (Å²) in [6, 6.07) is 6.77. The summed E-state index contributed by atoms with van der Waals surface area (Å²) < 4.78 is 13.4.